The molecule has 0 aliphatic carbocycles. The van der Waals surface area contributed by atoms with Crippen molar-refractivity contribution in [3.05, 3.63) is 48.4 Å². The van der Waals surface area contributed by atoms with Crippen LogP contribution in [0.5, 0.6) is 5.75 Å². The zero-order chi connectivity index (χ0) is 19.9. The van der Waals surface area contributed by atoms with Crippen molar-refractivity contribution in [2.45, 2.75) is 9.79 Å². The molecule has 2 heterocycles. The number of hydrogen-bond acceptors (Lipinski definition) is 5. The van der Waals surface area contributed by atoms with Crippen molar-refractivity contribution in [3.63, 3.8) is 0 Å². The Labute approximate surface area is 163 Å². The number of nitrogens with one attached hydrogen (secondary N) is 1. The highest BCUT2D eigenvalue weighted by molar-refractivity contribution is 7.91. The van der Waals surface area contributed by atoms with Gasteiger partial charge < -0.3 is 19.5 Å². The molecule has 0 radical (unpaired) electrons. The van der Waals surface area contributed by atoms with Crippen LogP contribution in [0.2, 0.25) is 0 Å². The maximum Gasteiger partial charge on any atom is 0.208 e. The fourth-order valence-electron chi connectivity index (χ4n) is 3.65. The molecule has 148 valence electrons. The smallest absolute Gasteiger partial charge is 0.208 e. The average molecular weight is 403 g/mol. The van der Waals surface area contributed by atoms with Crippen LogP contribution in [-0.4, -0.2) is 46.3 Å². The molecule has 0 bridgehead atoms. The first-order valence-corrected chi connectivity index (χ1v) is 10.5. The number of fused-ring (bicyclic) bond motifs is 1. The fourth-order valence-corrected chi connectivity index (χ4v) is 5.18. The zero-order valence-electron chi connectivity index (χ0n) is 15.8. The lowest BCUT2D eigenvalue weighted by atomic mass is 10.2. The third kappa shape index (κ3) is 3.12. The largest absolute Gasteiger partial charge is 0.495 e. The normalized spacial score (nSPS) is 15.2. The van der Waals surface area contributed by atoms with Gasteiger partial charge in [-0.1, -0.05) is 0 Å². The summed E-state index contributed by atoms with van der Waals surface area (Å²) in [7, 11) is -0.498. The van der Waals surface area contributed by atoms with Crippen LogP contribution in [0.4, 0.5) is 10.1 Å². The first-order valence-electron chi connectivity index (χ1n) is 9.05. The zero-order valence-corrected chi connectivity index (χ0v) is 16.6. The van der Waals surface area contributed by atoms with E-state index in [4.69, 9.17) is 4.74 Å². The Morgan fingerprint density at radius 1 is 1.11 bits per heavy atom. The third-order valence-electron chi connectivity index (χ3n) is 5.12. The summed E-state index contributed by atoms with van der Waals surface area (Å²) in [4.78, 5) is 2.48. The van der Waals surface area contributed by atoms with Gasteiger partial charge in [-0.15, -0.1) is 0 Å². The Kier molecular flexibility index (Phi) is 4.76. The predicted molar refractivity (Wildman–Crippen MR) is 106 cm³/mol. The number of nitrogens with zero attached hydrogens (tertiary/aromatic N) is 2. The van der Waals surface area contributed by atoms with Crippen LogP contribution in [-0.2, 0) is 16.9 Å². The van der Waals surface area contributed by atoms with Gasteiger partial charge in [0.05, 0.1) is 28.1 Å². The molecule has 28 heavy (non-hydrogen) atoms. The monoisotopic (exact) mass is 403 g/mol. The van der Waals surface area contributed by atoms with E-state index >= 15 is 0 Å². The number of methoxy groups -OCH3 is 1. The van der Waals surface area contributed by atoms with Crippen molar-refractivity contribution in [2.24, 2.45) is 7.05 Å². The maximum atomic E-state index is 13.6. The third-order valence-corrected chi connectivity index (χ3v) is 6.90. The van der Waals surface area contributed by atoms with Crippen LogP contribution in [0.3, 0.4) is 0 Å². The summed E-state index contributed by atoms with van der Waals surface area (Å²) in [6.45, 7) is 3.20. The molecule has 1 aromatic heterocycles. The van der Waals surface area contributed by atoms with Gasteiger partial charge in [-0.3, -0.25) is 0 Å². The van der Waals surface area contributed by atoms with Crippen LogP contribution >= 0.6 is 0 Å². The number of sulfone groups is 1. The molecule has 0 amide bonds. The van der Waals surface area contributed by atoms with Crippen molar-refractivity contribution in [1.29, 1.82) is 0 Å². The van der Waals surface area contributed by atoms with E-state index in [1.807, 2.05) is 0 Å². The lowest BCUT2D eigenvalue weighted by Gasteiger charge is -2.30. The molecule has 6 nitrogen and oxygen atoms in total. The summed E-state index contributed by atoms with van der Waals surface area (Å²) < 4.78 is 47.5. The molecule has 8 heteroatoms. The van der Waals surface area contributed by atoms with E-state index in [1.165, 1.54) is 24.4 Å². The number of aromatic nitrogens is 1. The topological polar surface area (TPSA) is 63.6 Å². The van der Waals surface area contributed by atoms with Crippen LogP contribution in [0.25, 0.3) is 10.9 Å². The van der Waals surface area contributed by atoms with Crippen LogP contribution < -0.4 is 15.0 Å². The summed E-state index contributed by atoms with van der Waals surface area (Å²) in [6.07, 6.45) is 1.54. The summed E-state index contributed by atoms with van der Waals surface area (Å²) in [6, 6.07) is 9.05. The molecule has 0 spiro atoms. The molecular formula is C20H22FN3O3S. The molecule has 1 fully saturated rings. The highest BCUT2D eigenvalue weighted by Crippen LogP contribution is 2.35. The van der Waals surface area contributed by atoms with E-state index in [1.54, 1.807) is 36.9 Å². The predicted octanol–water partition coefficient (Wildman–Crippen LogP) is 2.57. The van der Waals surface area contributed by atoms with Crippen molar-refractivity contribution in [1.82, 2.24) is 9.88 Å². The molecule has 1 aliphatic heterocycles. The molecule has 4 rings (SSSR count). The van der Waals surface area contributed by atoms with Crippen LogP contribution in [0.15, 0.2) is 52.4 Å². The number of aryl methyl sites for hydroxylation is 1. The van der Waals surface area contributed by atoms with E-state index in [0.717, 1.165) is 31.9 Å². The van der Waals surface area contributed by atoms with Crippen molar-refractivity contribution in [3.8, 4) is 5.75 Å². The number of anilines is 1. The molecule has 1 N–H and O–H groups in total. The lowest BCUT2D eigenvalue weighted by Crippen LogP contribution is -2.43. The SMILES string of the molecule is COc1ccc(S(=O)(=O)c2cn(C)c3cc(F)ccc23)cc1N1CCNCC1. The Hall–Kier alpha value is -2.58. The highest BCUT2D eigenvalue weighted by Gasteiger charge is 2.25. The van der Waals surface area contributed by atoms with Gasteiger partial charge in [0.1, 0.15) is 11.6 Å². The molecule has 1 aliphatic rings. The molecule has 0 saturated carbocycles. The second kappa shape index (κ2) is 7.10. The molecule has 3 aromatic rings. The van der Waals surface area contributed by atoms with Gasteiger partial charge in [0.2, 0.25) is 9.84 Å². The van der Waals surface area contributed by atoms with Gasteiger partial charge in [-0.25, -0.2) is 12.8 Å². The molecule has 2 aromatic carbocycles. The van der Waals surface area contributed by atoms with E-state index in [-0.39, 0.29) is 9.79 Å². The fraction of sp³-hybridized carbons (Fsp3) is 0.300. The van der Waals surface area contributed by atoms with Crippen molar-refractivity contribution >= 4 is 26.4 Å². The Bertz CT molecular complexity index is 1140. The second-order valence-corrected chi connectivity index (χ2v) is 8.76. The first-order chi connectivity index (χ1) is 13.4. The number of benzene rings is 2. The van der Waals surface area contributed by atoms with E-state index in [0.29, 0.717) is 16.7 Å². The molecule has 0 atom stereocenters. The summed E-state index contributed by atoms with van der Waals surface area (Å²) in [5.74, 6) is 0.240. The summed E-state index contributed by atoms with van der Waals surface area (Å²) in [5.41, 5.74) is 1.30. The number of halogens is 1. The van der Waals surface area contributed by atoms with Gasteiger partial charge in [-0.2, -0.15) is 0 Å². The number of rotatable bonds is 4. The van der Waals surface area contributed by atoms with Crippen molar-refractivity contribution in [2.75, 3.05) is 38.2 Å². The van der Waals surface area contributed by atoms with Crippen LogP contribution in [0, 0.1) is 5.82 Å². The average Bonchev–Trinajstić information content (AvgIpc) is 3.05. The summed E-state index contributed by atoms with van der Waals surface area (Å²) >= 11 is 0. The minimum atomic E-state index is -3.78. The molecule has 0 unspecified atom stereocenters. The first kappa shape index (κ1) is 18.8. The van der Waals surface area contributed by atoms with Crippen LogP contribution in [0.1, 0.15) is 0 Å². The number of piperazine rings is 1. The number of ether oxygens (including phenoxy) is 1. The number of hydrogen-bond donors (Lipinski definition) is 1. The van der Waals surface area contributed by atoms with Gasteiger partial charge in [0, 0.05) is 44.8 Å². The lowest BCUT2D eigenvalue weighted by molar-refractivity contribution is 0.412. The van der Waals surface area contributed by atoms with Gasteiger partial charge >= 0.3 is 0 Å². The van der Waals surface area contributed by atoms with E-state index in [2.05, 4.69) is 10.2 Å². The minimum absolute atomic E-state index is 0.168. The second-order valence-electron chi connectivity index (χ2n) is 6.84. The highest BCUT2D eigenvalue weighted by atomic mass is 32.2. The molecule has 1 saturated heterocycles. The standard InChI is InChI=1S/C20H22FN3O3S/c1-23-13-20(16-5-3-14(21)11-17(16)23)28(25,26)15-4-6-19(27-2)18(12-15)24-9-7-22-8-10-24/h3-6,11-13,22H,7-10H2,1-2H3. The van der Waals surface area contributed by atoms with Crippen molar-refractivity contribution < 1.29 is 17.5 Å². The van der Waals surface area contributed by atoms with E-state index in [9.17, 15) is 12.8 Å². The van der Waals surface area contributed by atoms with Gasteiger partial charge in [0.25, 0.3) is 0 Å². The summed E-state index contributed by atoms with van der Waals surface area (Å²) in [5, 5.41) is 3.79. The maximum absolute atomic E-state index is 13.6. The molecular weight excluding hydrogens is 381 g/mol. The Morgan fingerprint density at radius 3 is 2.57 bits per heavy atom. The quantitative estimate of drug-likeness (QED) is 0.726. The van der Waals surface area contributed by atoms with Gasteiger partial charge in [0.15, 0.2) is 0 Å². The Morgan fingerprint density at radius 2 is 1.86 bits per heavy atom. The van der Waals surface area contributed by atoms with Gasteiger partial charge in [-0.05, 0) is 36.4 Å². The minimum Gasteiger partial charge on any atom is -0.495 e. The van der Waals surface area contributed by atoms with E-state index < -0.39 is 15.7 Å². The Balaban J connectivity index is 1.84.